The van der Waals surface area contributed by atoms with Crippen LogP contribution in [0.2, 0.25) is 0 Å². The van der Waals surface area contributed by atoms with Gasteiger partial charge in [-0.2, -0.15) is 18.4 Å². The van der Waals surface area contributed by atoms with Gasteiger partial charge < -0.3 is 10.4 Å². The van der Waals surface area contributed by atoms with Crippen LogP contribution in [-0.2, 0) is 0 Å². The Kier molecular flexibility index (Phi) is 5.50. The smallest absolute Gasteiger partial charge is 0.396 e. The molecule has 82 valence electrons. The van der Waals surface area contributed by atoms with Crippen LogP contribution >= 0.6 is 0 Å². The third-order valence-electron chi connectivity index (χ3n) is 1.78. The summed E-state index contributed by atoms with van der Waals surface area (Å²) in [5, 5.41) is 19.3. The van der Waals surface area contributed by atoms with E-state index in [0.29, 0.717) is 6.42 Å². The van der Waals surface area contributed by atoms with E-state index in [4.69, 9.17) is 10.4 Å². The van der Waals surface area contributed by atoms with Gasteiger partial charge in [0, 0.05) is 19.2 Å². The topological polar surface area (TPSA) is 56.0 Å². The van der Waals surface area contributed by atoms with E-state index in [1.54, 1.807) is 6.92 Å². The molecular weight excluding hydrogens is 197 g/mol. The quantitative estimate of drug-likeness (QED) is 0.713. The van der Waals surface area contributed by atoms with Gasteiger partial charge in [0.05, 0.1) is 6.07 Å². The molecule has 2 atom stereocenters. The van der Waals surface area contributed by atoms with Crippen LogP contribution in [0.4, 0.5) is 13.2 Å². The first-order chi connectivity index (χ1) is 6.41. The Balaban J connectivity index is 3.92. The Morgan fingerprint density at radius 2 is 2.07 bits per heavy atom. The van der Waals surface area contributed by atoms with Crippen molar-refractivity contribution in [1.82, 2.24) is 5.32 Å². The molecule has 14 heavy (non-hydrogen) atoms. The number of nitrogens with one attached hydrogen (secondary N) is 1. The largest absolute Gasteiger partial charge is 0.405 e. The van der Waals surface area contributed by atoms with Crippen LogP contribution in [0.15, 0.2) is 0 Å². The van der Waals surface area contributed by atoms with Crippen LogP contribution in [-0.4, -0.2) is 30.5 Å². The van der Waals surface area contributed by atoms with Crippen molar-refractivity contribution >= 4 is 0 Å². The lowest BCUT2D eigenvalue weighted by Gasteiger charge is -2.17. The number of halogens is 3. The van der Waals surface area contributed by atoms with E-state index in [2.05, 4.69) is 5.32 Å². The SMILES string of the molecule is CC(CCO)NCC(C#N)C(F)(F)F. The second kappa shape index (κ2) is 5.83. The number of alkyl halides is 3. The first-order valence-electron chi connectivity index (χ1n) is 4.22. The lowest BCUT2D eigenvalue weighted by Crippen LogP contribution is -2.37. The van der Waals surface area contributed by atoms with Crippen molar-refractivity contribution in [3.8, 4) is 6.07 Å². The summed E-state index contributed by atoms with van der Waals surface area (Å²) in [5.41, 5.74) is 0. The monoisotopic (exact) mass is 210 g/mol. The number of rotatable bonds is 5. The number of nitriles is 1. The van der Waals surface area contributed by atoms with E-state index in [0.717, 1.165) is 0 Å². The average molecular weight is 210 g/mol. The van der Waals surface area contributed by atoms with Gasteiger partial charge in [-0.1, -0.05) is 0 Å². The molecule has 3 nitrogen and oxygen atoms in total. The maximum Gasteiger partial charge on any atom is 0.405 e. The van der Waals surface area contributed by atoms with E-state index in [9.17, 15) is 13.2 Å². The molecule has 0 aromatic heterocycles. The molecule has 0 bridgehead atoms. The van der Waals surface area contributed by atoms with Crippen molar-refractivity contribution < 1.29 is 18.3 Å². The van der Waals surface area contributed by atoms with Gasteiger partial charge in [0.2, 0.25) is 0 Å². The first kappa shape index (κ1) is 13.2. The summed E-state index contributed by atoms with van der Waals surface area (Å²) in [4.78, 5) is 0. The molecule has 6 heteroatoms. The van der Waals surface area contributed by atoms with Crippen LogP contribution < -0.4 is 5.32 Å². The lowest BCUT2D eigenvalue weighted by molar-refractivity contribution is -0.157. The summed E-state index contributed by atoms with van der Waals surface area (Å²) >= 11 is 0. The zero-order chi connectivity index (χ0) is 11.2. The second-order valence-corrected chi connectivity index (χ2v) is 3.04. The highest BCUT2D eigenvalue weighted by molar-refractivity contribution is 4.90. The molecular formula is C8H13F3N2O. The van der Waals surface area contributed by atoms with Crippen LogP contribution in [0.1, 0.15) is 13.3 Å². The first-order valence-corrected chi connectivity index (χ1v) is 4.22. The van der Waals surface area contributed by atoms with Crippen LogP contribution in [0.5, 0.6) is 0 Å². The second-order valence-electron chi connectivity index (χ2n) is 3.04. The molecule has 0 amide bonds. The molecule has 2 N–H and O–H groups in total. The minimum Gasteiger partial charge on any atom is -0.396 e. The Hall–Kier alpha value is -0.800. The van der Waals surface area contributed by atoms with E-state index in [1.165, 1.54) is 6.07 Å². The molecule has 0 aliphatic heterocycles. The number of hydrogen-bond acceptors (Lipinski definition) is 3. The third kappa shape index (κ3) is 5.04. The third-order valence-corrected chi connectivity index (χ3v) is 1.78. The van der Waals surface area contributed by atoms with E-state index < -0.39 is 18.6 Å². The summed E-state index contributed by atoms with van der Waals surface area (Å²) in [6, 6.07) is 0.966. The number of aliphatic hydroxyl groups is 1. The van der Waals surface area contributed by atoms with Gasteiger partial charge in [0.15, 0.2) is 5.92 Å². The summed E-state index contributed by atoms with van der Waals surface area (Å²) in [7, 11) is 0. The van der Waals surface area contributed by atoms with Crippen LogP contribution in [0.25, 0.3) is 0 Å². The molecule has 0 aromatic rings. The van der Waals surface area contributed by atoms with Gasteiger partial charge in [-0.3, -0.25) is 0 Å². The normalized spacial score (nSPS) is 16.0. The number of hydrogen-bond donors (Lipinski definition) is 2. The Morgan fingerprint density at radius 3 is 2.43 bits per heavy atom. The van der Waals surface area contributed by atoms with Gasteiger partial charge in [-0.05, 0) is 13.3 Å². The fourth-order valence-corrected chi connectivity index (χ4v) is 0.849. The fourth-order valence-electron chi connectivity index (χ4n) is 0.849. The highest BCUT2D eigenvalue weighted by Crippen LogP contribution is 2.24. The van der Waals surface area contributed by atoms with Gasteiger partial charge in [0.25, 0.3) is 0 Å². The average Bonchev–Trinajstić information content (AvgIpc) is 2.03. The molecule has 0 saturated carbocycles. The van der Waals surface area contributed by atoms with Gasteiger partial charge in [-0.15, -0.1) is 0 Å². The predicted octanol–water partition coefficient (Wildman–Crippen LogP) is 1.05. The van der Waals surface area contributed by atoms with Crippen molar-refractivity contribution in [1.29, 1.82) is 5.26 Å². The molecule has 0 radical (unpaired) electrons. The lowest BCUT2D eigenvalue weighted by atomic mass is 10.1. The number of nitrogens with zero attached hydrogens (tertiary/aromatic N) is 1. The molecule has 0 saturated heterocycles. The molecule has 0 rings (SSSR count). The van der Waals surface area contributed by atoms with Crippen LogP contribution in [0, 0.1) is 17.2 Å². The molecule has 0 spiro atoms. The van der Waals surface area contributed by atoms with Crippen molar-refractivity contribution in [2.75, 3.05) is 13.2 Å². The van der Waals surface area contributed by atoms with E-state index in [-0.39, 0.29) is 12.6 Å². The highest BCUT2D eigenvalue weighted by Gasteiger charge is 2.39. The zero-order valence-electron chi connectivity index (χ0n) is 7.80. The van der Waals surface area contributed by atoms with Crippen molar-refractivity contribution in [2.45, 2.75) is 25.6 Å². The Labute approximate surface area is 80.5 Å². The van der Waals surface area contributed by atoms with Gasteiger partial charge in [-0.25, -0.2) is 0 Å². The van der Waals surface area contributed by atoms with Gasteiger partial charge in [0.1, 0.15) is 0 Å². The molecule has 0 aliphatic carbocycles. The van der Waals surface area contributed by atoms with Crippen molar-refractivity contribution in [3.63, 3.8) is 0 Å². The molecule has 0 aromatic carbocycles. The Morgan fingerprint density at radius 1 is 1.50 bits per heavy atom. The summed E-state index contributed by atoms with van der Waals surface area (Å²) in [6.45, 7) is 1.14. The fraction of sp³-hybridized carbons (Fsp3) is 0.875. The molecule has 0 fully saturated rings. The van der Waals surface area contributed by atoms with Crippen molar-refractivity contribution in [3.05, 3.63) is 0 Å². The molecule has 0 heterocycles. The highest BCUT2D eigenvalue weighted by atomic mass is 19.4. The minimum atomic E-state index is -4.49. The summed E-state index contributed by atoms with van der Waals surface area (Å²) in [5.74, 6) is -1.98. The minimum absolute atomic E-state index is 0.0859. The van der Waals surface area contributed by atoms with Crippen molar-refractivity contribution in [2.24, 2.45) is 5.92 Å². The van der Waals surface area contributed by atoms with E-state index >= 15 is 0 Å². The molecule has 0 aliphatic rings. The number of aliphatic hydroxyl groups excluding tert-OH is 1. The maximum absolute atomic E-state index is 12.0. The van der Waals surface area contributed by atoms with Gasteiger partial charge >= 0.3 is 6.18 Å². The molecule has 2 unspecified atom stereocenters. The standard InChI is InChI=1S/C8H13F3N2O/c1-6(2-3-14)13-5-7(4-12)8(9,10)11/h6-7,13-14H,2-3,5H2,1H3. The van der Waals surface area contributed by atoms with E-state index in [1.807, 2.05) is 0 Å². The summed E-state index contributed by atoms with van der Waals surface area (Å²) in [6.07, 6.45) is -4.11. The zero-order valence-corrected chi connectivity index (χ0v) is 7.80. The maximum atomic E-state index is 12.0. The predicted molar refractivity (Wildman–Crippen MR) is 44.3 cm³/mol. The van der Waals surface area contributed by atoms with Crippen LogP contribution in [0.3, 0.4) is 0 Å². The Bertz CT molecular complexity index is 200. The summed E-state index contributed by atoms with van der Waals surface area (Å²) < 4.78 is 36.1.